The fraction of sp³-hybridized carbons (Fsp3) is 0.400. The largest absolute Gasteiger partial charge is 0.487 e. The lowest BCUT2D eigenvalue weighted by Gasteiger charge is -2.24. The number of H-pyrrole nitrogens is 1. The highest BCUT2D eigenvalue weighted by molar-refractivity contribution is 6.30. The summed E-state index contributed by atoms with van der Waals surface area (Å²) < 4.78 is 22.2. The van der Waals surface area contributed by atoms with Crippen LogP contribution in [-0.2, 0) is 13.0 Å². The minimum absolute atomic E-state index is 0.0545. The number of hydrogen-bond acceptors (Lipinski definition) is 6. The van der Waals surface area contributed by atoms with E-state index in [9.17, 15) is 14.6 Å². The molecule has 8 nitrogen and oxygen atoms in total. The molecular weight excluding hydrogens is 413 g/mol. The zero-order valence-corrected chi connectivity index (χ0v) is 16.7. The molecule has 1 fully saturated rings. The average Bonchev–Trinajstić information content (AvgIpc) is 3.20. The monoisotopic (exact) mass is 434 g/mol. The zero-order valence-electron chi connectivity index (χ0n) is 16.0. The number of anilines is 1. The Bertz CT molecular complexity index is 1120. The summed E-state index contributed by atoms with van der Waals surface area (Å²) in [5.74, 6) is 0.0944. The number of nitrogens with one attached hydrogen (secondary N) is 2. The highest BCUT2D eigenvalue weighted by Crippen LogP contribution is 2.38. The number of nitrogens with zero attached hydrogens (tertiary/aromatic N) is 2. The van der Waals surface area contributed by atoms with Gasteiger partial charge in [0.05, 0.1) is 6.20 Å². The minimum Gasteiger partial charge on any atom is -0.487 e. The molecule has 158 valence electrons. The maximum absolute atomic E-state index is 14.5. The second-order valence-electron chi connectivity index (χ2n) is 7.80. The average molecular weight is 435 g/mol. The van der Waals surface area contributed by atoms with Crippen LogP contribution in [-0.4, -0.2) is 44.6 Å². The Morgan fingerprint density at radius 2 is 2.17 bits per heavy atom. The van der Waals surface area contributed by atoms with Gasteiger partial charge in [0.2, 0.25) is 17.8 Å². The lowest BCUT2D eigenvalue weighted by molar-refractivity contribution is -0.354. The first kappa shape index (κ1) is 19.5. The molecule has 2 aromatic heterocycles. The van der Waals surface area contributed by atoms with Crippen molar-refractivity contribution in [2.45, 2.75) is 43.7 Å². The third-order valence-corrected chi connectivity index (χ3v) is 6.24. The van der Waals surface area contributed by atoms with E-state index >= 15 is 0 Å². The first-order chi connectivity index (χ1) is 14.4. The topological polar surface area (TPSA) is 120 Å². The van der Waals surface area contributed by atoms with Gasteiger partial charge in [-0.05, 0) is 30.7 Å². The second-order valence-corrected chi connectivity index (χ2v) is 8.24. The van der Waals surface area contributed by atoms with E-state index < -0.39 is 30.2 Å². The predicted octanol–water partition coefficient (Wildman–Crippen LogP) is 0.985. The van der Waals surface area contributed by atoms with Crippen molar-refractivity contribution in [1.82, 2.24) is 14.9 Å². The molecule has 3 heterocycles. The molecule has 5 rings (SSSR count). The van der Waals surface area contributed by atoms with Crippen LogP contribution in [0.1, 0.15) is 23.6 Å². The van der Waals surface area contributed by atoms with Crippen LogP contribution in [0, 0.1) is 5.82 Å². The Hall–Kier alpha value is -2.46. The summed E-state index contributed by atoms with van der Waals surface area (Å²) in [6.45, 7) is 1.51. The van der Waals surface area contributed by atoms with Crippen LogP contribution >= 0.6 is 11.6 Å². The van der Waals surface area contributed by atoms with Crippen LogP contribution in [0.3, 0.4) is 0 Å². The Morgan fingerprint density at radius 1 is 1.33 bits per heavy atom. The van der Waals surface area contributed by atoms with E-state index in [1.54, 1.807) is 10.6 Å². The molecular formula is C20H22ClFN5O3+. The molecule has 30 heavy (non-hydrogen) atoms. The fourth-order valence-electron chi connectivity index (χ4n) is 4.53. The van der Waals surface area contributed by atoms with E-state index in [4.69, 9.17) is 22.1 Å². The third-order valence-electron chi connectivity index (χ3n) is 6.02. The van der Waals surface area contributed by atoms with Crippen molar-refractivity contribution < 1.29 is 24.3 Å². The van der Waals surface area contributed by atoms with Gasteiger partial charge in [-0.15, -0.1) is 0 Å². The van der Waals surface area contributed by atoms with Gasteiger partial charge < -0.3 is 26.0 Å². The van der Waals surface area contributed by atoms with Crippen LogP contribution in [0.5, 0.6) is 5.75 Å². The van der Waals surface area contributed by atoms with Gasteiger partial charge in [-0.25, -0.2) is 9.37 Å². The Labute approximate surface area is 176 Å². The second kappa shape index (κ2) is 7.35. The van der Waals surface area contributed by atoms with Gasteiger partial charge in [0.25, 0.3) is 0 Å². The van der Waals surface area contributed by atoms with Crippen molar-refractivity contribution in [3.8, 4) is 5.75 Å². The summed E-state index contributed by atoms with van der Waals surface area (Å²) in [6, 6.07) is 3.05. The van der Waals surface area contributed by atoms with Gasteiger partial charge in [0.1, 0.15) is 35.5 Å². The Balaban J connectivity index is 1.47. The standard InChI is InChI=1S/C20H21ClFN5O3/c21-10-3-9-1-2-24-6-11(9)14(4-10)30-15-5-13(17(28)18(15)29)27-7-12(22)16-19(23)25-8-26-20(16)27/h3-4,7-8,13,15,17-18,24,28-29H,1-2,5-6H2,(H2,23,25,26)/p+1. The third kappa shape index (κ3) is 3.09. The van der Waals surface area contributed by atoms with Crippen molar-refractivity contribution >= 4 is 28.5 Å². The maximum Gasteiger partial charge on any atom is 0.241 e. The lowest BCUT2D eigenvalue weighted by Crippen LogP contribution is -2.35. The highest BCUT2D eigenvalue weighted by Gasteiger charge is 2.47. The molecule has 10 heteroatoms. The van der Waals surface area contributed by atoms with E-state index in [2.05, 4.69) is 15.3 Å². The van der Waals surface area contributed by atoms with Gasteiger partial charge in [0.15, 0.2) is 5.82 Å². The molecule has 1 aliphatic heterocycles. The number of rotatable bonds is 3. The molecule has 1 aromatic carbocycles. The molecule has 4 atom stereocenters. The van der Waals surface area contributed by atoms with Gasteiger partial charge in [-0.3, -0.25) is 4.57 Å². The van der Waals surface area contributed by atoms with Crippen molar-refractivity contribution in [1.29, 1.82) is 0 Å². The summed E-state index contributed by atoms with van der Waals surface area (Å²) in [4.78, 5) is 6.75. The van der Waals surface area contributed by atoms with Gasteiger partial charge in [-0.1, -0.05) is 16.6 Å². The van der Waals surface area contributed by atoms with E-state index in [1.165, 1.54) is 12.5 Å². The Morgan fingerprint density at radius 3 is 3.00 bits per heavy atom. The number of aliphatic hydroxyl groups excluding tert-OH is 2. The number of hydrogen-bond donors (Lipinski definition) is 4. The van der Waals surface area contributed by atoms with E-state index in [-0.39, 0.29) is 17.6 Å². The number of fused-ring (bicyclic) bond motifs is 2. The van der Waals surface area contributed by atoms with Crippen molar-refractivity contribution in [2.24, 2.45) is 0 Å². The molecule has 1 saturated carbocycles. The molecule has 0 saturated heterocycles. The summed E-state index contributed by atoms with van der Waals surface area (Å²) in [5.41, 5.74) is 8.30. The molecule has 4 unspecified atom stereocenters. The van der Waals surface area contributed by atoms with Crippen LogP contribution in [0.25, 0.3) is 11.0 Å². The van der Waals surface area contributed by atoms with Crippen molar-refractivity contribution in [2.75, 3.05) is 12.3 Å². The number of ether oxygens (including phenoxy) is 1. The van der Waals surface area contributed by atoms with Crippen molar-refractivity contribution in [3.05, 3.63) is 46.6 Å². The van der Waals surface area contributed by atoms with Crippen LogP contribution < -0.4 is 20.8 Å². The predicted molar refractivity (Wildman–Crippen MR) is 108 cm³/mol. The van der Waals surface area contributed by atoms with Gasteiger partial charge in [0, 0.05) is 23.6 Å². The molecule has 6 N–H and O–H groups in total. The Kier molecular flexibility index (Phi) is 4.78. The van der Waals surface area contributed by atoms with Crippen LogP contribution in [0.2, 0.25) is 5.02 Å². The van der Waals surface area contributed by atoms with Gasteiger partial charge >= 0.3 is 0 Å². The molecule has 0 amide bonds. The van der Waals surface area contributed by atoms with Crippen molar-refractivity contribution in [3.63, 3.8) is 0 Å². The lowest BCUT2D eigenvalue weighted by atomic mass is 10.00. The summed E-state index contributed by atoms with van der Waals surface area (Å²) in [6.07, 6.45) is 0.745. The number of nitrogen functional groups attached to an aromatic ring is 1. The summed E-state index contributed by atoms with van der Waals surface area (Å²) >= 11 is 6.26. The fourth-order valence-corrected chi connectivity index (χ4v) is 4.76. The maximum atomic E-state index is 14.5. The molecule has 0 bridgehead atoms. The summed E-state index contributed by atoms with van der Waals surface area (Å²) in [7, 11) is 0. The van der Waals surface area contributed by atoms with Crippen LogP contribution in [0.4, 0.5) is 10.2 Å². The smallest absolute Gasteiger partial charge is 0.241 e. The number of nitrogens with two attached hydrogens (primary N) is 1. The number of benzene rings is 1. The normalized spacial score (nSPS) is 26.1. The molecule has 0 spiro atoms. The first-order valence-electron chi connectivity index (χ1n) is 9.81. The van der Waals surface area contributed by atoms with E-state index in [0.29, 0.717) is 23.0 Å². The number of aliphatic hydroxyl groups is 2. The summed E-state index contributed by atoms with van der Waals surface area (Å²) in [5, 5.41) is 25.4. The van der Waals surface area contributed by atoms with E-state index in [0.717, 1.165) is 24.1 Å². The number of aromatic nitrogens is 3. The van der Waals surface area contributed by atoms with E-state index in [1.807, 2.05) is 6.07 Å². The molecule has 2 aliphatic rings. The highest BCUT2D eigenvalue weighted by atomic mass is 35.5. The zero-order chi connectivity index (χ0) is 21.0. The molecule has 1 aliphatic carbocycles. The molecule has 0 radical (unpaired) electrons. The SMILES string of the molecule is Nc1nc[nH+]c2c1c(F)cn2C1CC(Oc2cc(Cl)cc3c2CNCC3)C(O)C1O. The minimum atomic E-state index is -1.15. The molecule has 3 aromatic rings. The first-order valence-corrected chi connectivity index (χ1v) is 10.2. The number of halogens is 2. The quantitative estimate of drug-likeness (QED) is 0.488. The van der Waals surface area contributed by atoms with Gasteiger partial charge in [-0.2, -0.15) is 0 Å². The van der Waals surface area contributed by atoms with Crippen LogP contribution in [0.15, 0.2) is 24.7 Å². The number of aromatic amines is 1.